The van der Waals surface area contributed by atoms with Crippen molar-refractivity contribution in [2.45, 2.75) is 38.5 Å². The number of likely N-dealkylation sites (tertiary alicyclic amines) is 1. The van der Waals surface area contributed by atoms with Crippen LogP contribution in [0, 0.1) is 10.8 Å². The van der Waals surface area contributed by atoms with Crippen LogP contribution < -0.4 is 27.4 Å². The van der Waals surface area contributed by atoms with E-state index in [9.17, 15) is 29.1 Å². The molecule has 17 nitrogen and oxygen atoms in total. The number of nitrogens with one attached hydrogen (secondary N) is 3. The summed E-state index contributed by atoms with van der Waals surface area (Å²) in [4.78, 5) is 59.9. The maximum Gasteiger partial charge on any atom is 0.273 e. The van der Waals surface area contributed by atoms with Gasteiger partial charge < -0.3 is 56.4 Å². The molecule has 2 fully saturated rings. The SMILES string of the molecule is NC(=O)C1(CO)CN(CCCCCNC(=O)c2cc(-c3cccs3)on2)C1.NC(=O)C1(CO)CNC1.O=CCCCCNC(=O)c1cc(-c2cccs2)on1.[B]. The third-order valence-corrected chi connectivity index (χ3v) is 10.9. The van der Waals surface area contributed by atoms with E-state index in [2.05, 4.69) is 31.2 Å². The summed E-state index contributed by atoms with van der Waals surface area (Å²) in [5.74, 6) is -0.139. The molecule has 3 radical (unpaired) electrons. The number of primary amides is 2. The number of nitrogens with two attached hydrogens (primary N) is 2. The van der Waals surface area contributed by atoms with Gasteiger partial charge in [0, 0.05) is 66.2 Å². The van der Waals surface area contributed by atoms with Gasteiger partial charge in [0.15, 0.2) is 22.9 Å². The highest BCUT2D eigenvalue weighted by atomic mass is 32.1. The van der Waals surface area contributed by atoms with Gasteiger partial charge in [-0.1, -0.05) is 28.9 Å². The summed E-state index contributed by atoms with van der Waals surface area (Å²) in [6.45, 7) is 3.70. The Labute approximate surface area is 334 Å². The Morgan fingerprint density at radius 1 is 0.804 bits per heavy atom. The number of amides is 4. The van der Waals surface area contributed by atoms with Crippen molar-refractivity contribution in [3.05, 3.63) is 58.5 Å². The number of rotatable bonds is 19. The smallest absolute Gasteiger partial charge is 0.273 e. The Morgan fingerprint density at radius 2 is 1.30 bits per heavy atom. The van der Waals surface area contributed by atoms with Gasteiger partial charge in [-0.2, -0.15) is 0 Å². The summed E-state index contributed by atoms with van der Waals surface area (Å²) < 4.78 is 10.3. The van der Waals surface area contributed by atoms with E-state index < -0.39 is 22.6 Å². The number of nitrogens with zero attached hydrogens (tertiary/aromatic N) is 3. The largest absolute Gasteiger partial charge is 0.395 e. The Balaban J connectivity index is 0.000000251. The van der Waals surface area contributed by atoms with Crippen molar-refractivity contribution >= 4 is 61.0 Å². The first-order valence-electron chi connectivity index (χ1n) is 17.8. The molecule has 4 aromatic rings. The number of aromatic nitrogens is 2. The summed E-state index contributed by atoms with van der Waals surface area (Å²) in [5, 5.41) is 37.9. The van der Waals surface area contributed by atoms with Crippen LogP contribution in [0.4, 0.5) is 0 Å². The molecule has 20 heteroatoms. The molecule has 6 rings (SSSR count). The van der Waals surface area contributed by atoms with E-state index in [1.54, 1.807) is 12.1 Å². The van der Waals surface area contributed by atoms with Gasteiger partial charge in [0.25, 0.3) is 11.8 Å². The van der Waals surface area contributed by atoms with Crippen LogP contribution in [0.3, 0.4) is 0 Å². The quantitative estimate of drug-likeness (QED) is 0.0400. The topological polar surface area (TPSA) is 269 Å². The molecule has 6 heterocycles. The highest BCUT2D eigenvalue weighted by molar-refractivity contribution is 7.13. The minimum absolute atomic E-state index is 0. The van der Waals surface area contributed by atoms with Crippen molar-refractivity contribution in [1.29, 1.82) is 0 Å². The highest BCUT2D eigenvalue weighted by Crippen LogP contribution is 2.30. The fraction of sp³-hybridized carbons (Fsp3) is 0.472. The normalized spacial score (nSPS) is 14.9. The number of aldehydes is 1. The van der Waals surface area contributed by atoms with Crippen LogP contribution in [-0.2, 0) is 14.4 Å². The van der Waals surface area contributed by atoms with Gasteiger partial charge in [0.05, 0.1) is 33.8 Å². The monoisotopic (exact) mass is 811 g/mol. The average molecular weight is 812 g/mol. The van der Waals surface area contributed by atoms with Crippen LogP contribution in [0.15, 0.2) is 56.2 Å². The second-order valence-corrected chi connectivity index (χ2v) is 15.2. The van der Waals surface area contributed by atoms with E-state index >= 15 is 0 Å². The predicted molar refractivity (Wildman–Crippen MR) is 211 cm³/mol. The molecule has 0 atom stereocenters. The zero-order chi connectivity index (χ0) is 39.7. The van der Waals surface area contributed by atoms with Gasteiger partial charge >= 0.3 is 0 Å². The van der Waals surface area contributed by atoms with Crippen LogP contribution in [0.5, 0.6) is 0 Å². The molecule has 0 saturated carbocycles. The predicted octanol–water partition coefficient (Wildman–Crippen LogP) is 1.26. The maximum absolute atomic E-state index is 12.1. The molecule has 0 aliphatic carbocycles. The molecule has 4 aromatic heterocycles. The molecule has 2 saturated heterocycles. The highest BCUT2D eigenvalue weighted by Gasteiger charge is 2.47. The number of hydrogen-bond acceptors (Lipinski definition) is 15. The number of aliphatic hydroxyl groups excluding tert-OH is 2. The number of hydrogen-bond donors (Lipinski definition) is 7. The van der Waals surface area contributed by atoms with Crippen molar-refractivity contribution in [3.8, 4) is 21.3 Å². The van der Waals surface area contributed by atoms with E-state index in [4.69, 9.17) is 25.6 Å². The molecular weight excluding hydrogens is 763 g/mol. The molecule has 9 N–H and O–H groups in total. The fourth-order valence-electron chi connectivity index (χ4n) is 5.50. The molecule has 2 aliphatic heterocycles. The van der Waals surface area contributed by atoms with E-state index in [0.717, 1.165) is 54.7 Å². The van der Waals surface area contributed by atoms with E-state index in [-0.39, 0.29) is 44.8 Å². The second-order valence-electron chi connectivity index (χ2n) is 13.3. The lowest BCUT2D eigenvalue weighted by Crippen LogP contribution is -2.64. The molecule has 56 heavy (non-hydrogen) atoms. The second kappa shape index (κ2) is 22.7. The van der Waals surface area contributed by atoms with Gasteiger partial charge in [-0.25, -0.2) is 0 Å². The fourth-order valence-corrected chi connectivity index (χ4v) is 6.85. The lowest BCUT2D eigenvalue weighted by atomic mass is 9.79. The minimum Gasteiger partial charge on any atom is -0.395 e. The molecule has 2 aliphatic rings. The standard InChI is InChI=1S/C18H24N4O4S.C13H14N2O3S.C5H10N2O2.B/c19-17(25)18(12-23)10-22(11-18)7-3-1-2-6-20-16(24)13-9-14(26-21-13)15-5-4-8-27-15;16-7-3-1-2-6-14-13(17)10-9-11(18-15-10)12-5-4-8-19-12;6-4(9)5(3-8)1-7-2-5;/h4-5,8-9,23H,1-3,6-7,10-12H2,(H2,19,25)(H,20,24);4-5,7-9H,1-3,6H2,(H,14,17);7-8H,1-3H2,(H2,6,9);. The van der Waals surface area contributed by atoms with E-state index in [0.29, 0.717) is 57.2 Å². The summed E-state index contributed by atoms with van der Waals surface area (Å²) in [7, 11) is 0. The van der Waals surface area contributed by atoms with Crippen molar-refractivity contribution in [2.24, 2.45) is 22.3 Å². The van der Waals surface area contributed by atoms with Crippen molar-refractivity contribution < 1.29 is 43.2 Å². The summed E-state index contributed by atoms with van der Waals surface area (Å²) in [6.07, 6.45) is 5.75. The minimum atomic E-state index is -0.756. The Bertz CT molecular complexity index is 1800. The molecule has 0 bridgehead atoms. The molecule has 4 amide bonds. The summed E-state index contributed by atoms with van der Waals surface area (Å²) in [6, 6.07) is 10.9. The van der Waals surface area contributed by atoms with Crippen molar-refractivity contribution in [3.63, 3.8) is 0 Å². The lowest BCUT2D eigenvalue weighted by molar-refractivity contribution is -0.143. The Hall–Kier alpha value is -4.73. The van der Waals surface area contributed by atoms with Crippen LogP contribution in [0.2, 0.25) is 0 Å². The van der Waals surface area contributed by atoms with Crippen LogP contribution in [-0.4, -0.2) is 123 Å². The number of thiophene rings is 2. The zero-order valence-electron chi connectivity index (χ0n) is 30.9. The molecule has 0 unspecified atom stereocenters. The van der Waals surface area contributed by atoms with E-state index in [1.807, 2.05) is 35.0 Å². The summed E-state index contributed by atoms with van der Waals surface area (Å²) in [5.41, 5.74) is 9.48. The Morgan fingerprint density at radius 3 is 1.68 bits per heavy atom. The molecule has 0 spiro atoms. The van der Waals surface area contributed by atoms with Gasteiger partial charge in [-0.3, -0.25) is 19.2 Å². The van der Waals surface area contributed by atoms with Crippen molar-refractivity contribution in [1.82, 2.24) is 31.2 Å². The molecule has 301 valence electrons. The zero-order valence-corrected chi connectivity index (χ0v) is 32.6. The Kier molecular flexibility index (Phi) is 18.5. The first kappa shape index (κ1) is 45.7. The molecule has 0 aromatic carbocycles. The number of carbonyl (C=O) groups is 5. The van der Waals surface area contributed by atoms with Gasteiger partial charge in [-0.15, -0.1) is 22.7 Å². The van der Waals surface area contributed by atoms with E-state index in [1.165, 1.54) is 22.7 Å². The maximum atomic E-state index is 12.1. The summed E-state index contributed by atoms with van der Waals surface area (Å²) >= 11 is 3.06. The van der Waals surface area contributed by atoms with Gasteiger partial charge in [0.1, 0.15) is 6.29 Å². The average Bonchev–Trinajstić information content (AvgIpc) is 3.98. The third kappa shape index (κ3) is 12.7. The van der Waals surface area contributed by atoms with Gasteiger partial charge in [-0.05, 0) is 55.1 Å². The van der Waals surface area contributed by atoms with Gasteiger partial charge in [0.2, 0.25) is 11.8 Å². The first-order valence-corrected chi connectivity index (χ1v) is 19.6. The van der Waals surface area contributed by atoms with Crippen LogP contribution >= 0.6 is 22.7 Å². The number of aliphatic hydroxyl groups is 2. The lowest BCUT2D eigenvalue weighted by Gasteiger charge is -2.47. The third-order valence-electron chi connectivity index (χ3n) is 9.11. The first-order chi connectivity index (χ1) is 26.6. The molecular formula is C36H48BN8O9S2. The number of unbranched alkanes of at least 4 members (excludes halogenated alkanes) is 4. The van der Waals surface area contributed by atoms with Crippen molar-refractivity contribution in [2.75, 3.05) is 59.0 Å². The van der Waals surface area contributed by atoms with Crippen LogP contribution in [0.25, 0.3) is 21.3 Å². The van der Waals surface area contributed by atoms with Crippen LogP contribution in [0.1, 0.15) is 59.5 Å². The number of carbonyl (C=O) groups excluding carboxylic acids is 5.